The van der Waals surface area contributed by atoms with Gasteiger partial charge in [0.05, 0.1) is 0 Å². The molecule has 3 nitrogen and oxygen atoms in total. The Hall–Kier alpha value is -3.85. The summed E-state index contributed by atoms with van der Waals surface area (Å²) in [5, 5.41) is 0. The van der Waals surface area contributed by atoms with E-state index in [1.54, 1.807) is 0 Å². The van der Waals surface area contributed by atoms with E-state index in [1.807, 2.05) is 36.4 Å². The SMILES string of the molecule is CC1CC(c2ccc(OCc3ccccc3)cc2)CCC1C(=O)C1CCC(c2ccc(OCc3ccccc3)cc2)CC1C. The van der Waals surface area contributed by atoms with Gasteiger partial charge in [0.2, 0.25) is 0 Å². The molecule has 2 saturated carbocycles. The van der Waals surface area contributed by atoms with Gasteiger partial charge in [0, 0.05) is 11.8 Å². The van der Waals surface area contributed by atoms with Crippen LogP contribution in [0.4, 0.5) is 0 Å². The monoisotopic (exact) mass is 586 g/mol. The van der Waals surface area contributed by atoms with E-state index in [0.29, 0.717) is 42.7 Å². The molecular formula is C41H46O3. The maximum Gasteiger partial charge on any atom is 0.139 e. The molecule has 4 aromatic rings. The maximum atomic E-state index is 13.9. The fraction of sp³-hybridized carbons (Fsp3) is 0.390. The van der Waals surface area contributed by atoms with Gasteiger partial charge in [0.1, 0.15) is 30.5 Å². The van der Waals surface area contributed by atoms with Crippen LogP contribution < -0.4 is 9.47 Å². The van der Waals surface area contributed by atoms with Gasteiger partial charge in [-0.2, -0.15) is 0 Å². The molecule has 4 aromatic carbocycles. The van der Waals surface area contributed by atoms with Crippen LogP contribution in [0.5, 0.6) is 11.5 Å². The summed E-state index contributed by atoms with van der Waals surface area (Å²) in [4.78, 5) is 13.9. The summed E-state index contributed by atoms with van der Waals surface area (Å²) in [6.45, 7) is 5.79. The van der Waals surface area contributed by atoms with E-state index in [-0.39, 0.29) is 11.8 Å². The number of carbonyl (C=O) groups is 1. The predicted octanol–water partition coefficient (Wildman–Crippen LogP) is 10.2. The number of ketones is 1. The first-order valence-corrected chi connectivity index (χ1v) is 16.6. The number of carbonyl (C=O) groups excluding carboxylic acids is 1. The molecule has 6 atom stereocenters. The number of hydrogen-bond acceptors (Lipinski definition) is 3. The van der Waals surface area contributed by atoms with E-state index in [9.17, 15) is 4.79 Å². The second kappa shape index (κ2) is 14.3. The van der Waals surface area contributed by atoms with Crippen molar-refractivity contribution in [3.8, 4) is 11.5 Å². The number of rotatable bonds is 10. The maximum absolute atomic E-state index is 13.9. The van der Waals surface area contributed by atoms with Gasteiger partial charge in [0.15, 0.2) is 0 Å². The molecule has 6 unspecified atom stereocenters. The average Bonchev–Trinajstić information content (AvgIpc) is 3.07. The van der Waals surface area contributed by atoms with Crippen molar-refractivity contribution >= 4 is 5.78 Å². The van der Waals surface area contributed by atoms with E-state index in [1.165, 1.54) is 22.3 Å². The Labute approximate surface area is 263 Å². The van der Waals surface area contributed by atoms with Crippen molar-refractivity contribution in [2.24, 2.45) is 23.7 Å². The van der Waals surface area contributed by atoms with Gasteiger partial charge in [0.25, 0.3) is 0 Å². The normalized spacial score (nSPS) is 25.2. The number of hydrogen-bond donors (Lipinski definition) is 0. The van der Waals surface area contributed by atoms with Crippen LogP contribution in [-0.2, 0) is 18.0 Å². The summed E-state index contributed by atoms with van der Waals surface area (Å²) in [6, 6.07) is 37.9. The summed E-state index contributed by atoms with van der Waals surface area (Å²) in [5.41, 5.74) is 5.10. The lowest BCUT2D eigenvalue weighted by Gasteiger charge is -2.39. The van der Waals surface area contributed by atoms with Crippen LogP contribution >= 0.6 is 0 Å². The van der Waals surface area contributed by atoms with Gasteiger partial charge < -0.3 is 9.47 Å². The highest BCUT2D eigenvalue weighted by Crippen LogP contribution is 2.45. The molecule has 6 rings (SSSR count). The minimum absolute atomic E-state index is 0.199. The zero-order valence-electron chi connectivity index (χ0n) is 26.2. The fourth-order valence-electron chi connectivity index (χ4n) is 7.67. The number of ether oxygens (including phenoxy) is 2. The molecule has 44 heavy (non-hydrogen) atoms. The van der Waals surface area contributed by atoms with Crippen LogP contribution in [0.2, 0.25) is 0 Å². The first kappa shape index (κ1) is 30.2. The minimum Gasteiger partial charge on any atom is -0.489 e. The summed E-state index contributed by atoms with van der Waals surface area (Å²) >= 11 is 0. The minimum atomic E-state index is 0.199. The first-order chi connectivity index (χ1) is 21.5. The van der Waals surface area contributed by atoms with Crippen molar-refractivity contribution in [1.82, 2.24) is 0 Å². The topological polar surface area (TPSA) is 35.5 Å². The predicted molar refractivity (Wildman–Crippen MR) is 178 cm³/mol. The Morgan fingerprint density at radius 1 is 0.545 bits per heavy atom. The highest BCUT2D eigenvalue weighted by molar-refractivity contribution is 5.84. The summed E-state index contributed by atoms with van der Waals surface area (Å²) < 4.78 is 12.0. The highest BCUT2D eigenvalue weighted by Gasteiger charge is 2.40. The van der Waals surface area contributed by atoms with Crippen LogP contribution in [0.15, 0.2) is 109 Å². The standard InChI is InChI=1S/C41H46O3/c1-29-25-35(33-13-19-37(20-14-33)43-27-31-9-5-3-6-10-31)17-23-39(29)41(42)40-24-18-36(26-30(40)2)34-15-21-38(22-16-34)44-28-32-11-7-4-8-12-32/h3-16,19-22,29-30,35-36,39-40H,17-18,23-28H2,1-2H3. The van der Waals surface area contributed by atoms with E-state index in [2.05, 4.69) is 86.6 Å². The van der Waals surface area contributed by atoms with E-state index < -0.39 is 0 Å². The van der Waals surface area contributed by atoms with Gasteiger partial charge in [-0.1, -0.05) is 98.8 Å². The van der Waals surface area contributed by atoms with Crippen LogP contribution in [-0.4, -0.2) is 5.78 Å². The van der Waals surface area contributed by atoms with E-state index >= 15 is 0 Å². The zero-order chi connectivity index (χ0) is 30.3. The van der Waals surface area contributed by atoms with Gasteiger partial charge in [-0.3, -0.25) is 4.79 Å². The summed E-state index contributed by atoms with van der Waals surface area (Å²) in [7, 11) is 0. The Balaban J connectivity index is 0.975. The Kier molecular flexibility index (Phi) is 9.80. The molecule has 3 heteroatoms. The molecule has 0 aliphatic heterocycles. The molecule has 0 saturated heterocycles. The quantitative estimate of drug-likeness (QED) is 0.185. The van der Waals surface area contributed by atoms with Crippen molar-refractivity contribution in [1.29, 1.82) is 0 Å². The Bertz CT molecular complexity index is 1350. The Morgan fingerprint density at radius 2 is 0.932 bits per heavy atom. The van der Waals surface area contributed by atoms with E-state index in [4.69, 9.17) is 9.47 Å². The fourth-order valence-corrected chi connectivity index (χ4v) is 7.67. The molecular weight excluding hydrogens is 540 g/mol. The lowest BCUT2D eigenvalue weighted by Crippen LogP contribution is -2.37. The van der Waals surface area contributed by atoms with E-state index in [0.717, 1.165) is 50.0 Å². The lowest BCUT2D eigenvalue weighted by molar-refractivity contribution is -0.132. The molecule has 2 aliphatic carbocycles. The second-order valence-electron chi connectivity index (χ2n) is 13.3. The molecule has 0 N–H and O–H groups in total. The lowest BCUT2D eigenvalue weighted by atomic mass is 9.64. The van der Waals surface area contributed by atoms with Crippen LogP contribution in [0, 0.1) is 23.7 Å². The van der Waals surface area contributed by atoms with Crippen molar-refractivity contribution in [2.45, 2.75) is 77.4 Å². The van der Waals surface area contributed by atoms with Gasteiger partial charge in [-0.15, -0.1) is 0 Å². The smallest absolute Gasteiger partial charge is 0.139 e. The number of Topliss-reactive ketones (excluding diaryl/α,β-unsaturated/α-hetero) is 1. The highest BCUT2D eigenvalue weighted by atomic mass is 16.5. The first-order valence-electron chi connectivity index (χ1n) is 16.6. The zero-order valence-corrected chi connectivity index (χ0v) is 26.2. The summed E-state index contributed by atoms with van der Waals surface area (Å²) in [6.07, 6.45) is 6.37. The van der Waals surface area contributed by atoms with Crippen molar-refractivity contribution < 1.29 is 14.3 Å². The largest absolute Gasteiger partial charge is 0.489 e. The van der Waals surface area contributed by atoms with Gasteiger partial charge >= 0.3 is 0 Å². The molecule has 0 aromatic heterocycles. The van der Waals surface area contributed by atoms with Crippen LogP contribution in [0.25, 0.3) is 0 Å². The summed E-state index contributed by atoms with van der Waals surface area (Å²) in [5.74, 6) is 4.63. The molecule has 0 spiro atoms. The van der Waals surface area contributed by atoms with Gasteiger partial charge in [-0.05, 0) is 109 Å². The molecule has 0 radical (unpaired) electrons. The van der Waals surface area contributed by atoms with Crippen LogP contribution in [0.3, 0.4) is 0 Å². The molecule has 228 valence electrons. The van der Waals surface area contributed by atoms with Crippen molar-refractivity contribution in [3.05, 3.63) is 131 Å². The third kappa shape index (κ3) is 7.44. The second-order valence-corrected chi connectivity index (χ2v) is 13.3. The molecule has 0 heterocycles. The Morgan fingerprint density at radius 3 is 1.30 bits per heavy atom. The molecule has 2 fully saturated rings. The third-order valence-corrected chi connectivity index (χ3v) is 10.3. The van der Waals surface area contributed by atoms with Gasteiger partial charge in [-0.25, -0.2) is 0 Å². The molecule has 0 amide bonds. The number of benzene rings is 4. The van der Waals surface area contributed by atoms with Crippen molar-refractivity contribution in [3.63, 3.8) is 0 Å². The average molecular weight is 587 g/mol. The van der Waals surface area contributed by atoms with Crippen LogP contribution in [0.1, 0.15) is 86.5 Å². The molecule has 2 aliphatic rings. The molecule has 0 bridgehead atoms. The third-order valence-electron chi connectivity index (χ3n) is 10.3. The van der Waals surface area contributed by atoms with Crippen molar-refractivity contribution in [2.75, 3.05) is 0 Å².